The van der Waals surface area contributed by atoms with Crippen LogP contribution in [0, 0.1) is 20.8 Å². The number of amides is 2. The molecule has 150 valence electrons. The van der Waals surface area contributed by atoms with Crippen molar-refractivity contribution in [2.75, 3.05) is 44.2 Å². The molecule has 2 aromatic carbocycles. The Labute approximate surface area is 168 Å². The molecule has 0 bridgehead atoms. The van der Waals surface area contributed by atoms with Gasteiger partial charge in [-0.3, -0.25) is 0 Å². The van der Waals surface area contributed by atoms with Gasteiger partial charge in [-0.25, -0.2) is 4.79 Å². The molecule has 2 aromatic rings. The fraction of sp³-hybridized carbons (Fsp3) is 0.435. The van der Waals surface area contributed by atoms with Gasteiger partial charge in [-0.05, 0) is 56.5 Å². The lowest BCUT2D eigenvalue weighted by atomic mass is 10.1. The third kappa shape index (κ3) is 5.18. The zero-order chi connectivity index (χ0) is 19.9. The number of nitrogens with one attached hydrogen (secondary N) is 1. The van der Waals surface area contributed by atoms with E-state index < -0.39 is 0 Å². The quantitative estimate of drug-likeness (QED) is 0.772. The van der Waals surface area contributed by atoms with Gasteiger partial charge in [-0.1, -0.05) is 29.8 Å². The number of carbonyl (C=O) groups is 1. The Morgan fingerprint density at radius 3 is 2.43 bits per heavy atom. The number of nitrogens with zero attached hydrogens (tertiary/aromatic N) is 2. The second-order valence-electron chi connectivity index (χ2n) is 7.44. The molecule has 0 saturated carbocycles. The fourth-order valence-corrected chi connectivity index (χ4v) is 3.43. The number of benzene rings is 2. The maximum Gasteiger partial charge on any atom is 0.317 e. The van der Waals surface area contributed by atoms with Crippen LogP contribution < -0.4 is 15.0 Å². The number of carbonyl (C=O) groups excluding carboxylic acids is 1. The first-order valence-electron chi connectivity index (χ1n) is 10.1. The molecule has 0 spiro atoms. The van der Waals surface area contributed by atoms with Gasteiger partial charge in [0.25, 0.3) is 0 Å². The van der Waals surface area contributed by atoms with Crippen molar-refractivity contribution in [1.29, 1.82) is 0 Å². The molecular formula is C23H31N3O2. The lowest BCUT2D eigenvalue weighted by molar-refractivity contribution is 0.193. The van der Waals surface area contributed by atoms with Crippen LogP contribution in [0.3, 0.4) is 0 Å². The minimum absolute atomic E-state index is 0.0240. The van der Waals surface area contributed by atoms with Gasteiger partial charge >= 0.3 is 6.03 Å². The van der Waals surface area contributed by atoms with Crippen LogP contribution in [0.4, 0.5) is 10.5 Å². The van der Waals surface area contributed by atoms with Crippen LogP contribution in [-0.4, -0.2) is 50.3 Å². The molecule has 5 nitrogen and oxygen atoms in total. The molecule has 1 N–H and O–H groups in total. The summed E-state index contributed by atoms with van der Waals surface area (Å²) < 4.78 is 5.70. The zero-order valence-electron chi connectivity index (χ0n) is 17.2. The summed E-state index contributed by atoms with van der Waals surface area (Å²) in [5.41, 5.74) is 5.14. The average molecular weight is 382 g/mol. The van der Waals surface area contributed by atoms with Crippen LogP contribution in [0.1, 0.15) is 23.1 Å². The fourth-order valence-electron chi connectivity index (χ4n) is 3.43. The first kappa shape index (κ1) is 20.1. The molecule has 1 heterocycles. The van der Waals surface area contributed by atoms with Gasteiger partial charge < -0.3 is 19.9 Å². The molecule has 1 aliphatic rings. The minimum Gasteiger partial charge on any atom is -0.494 e. The molecular weight excluding hydrogens is 350 g/mol. The molecule has 3 rings (SSSR count). The predicted octanol–water partition coefficient (Wildman–Crippen LogP) is 3.91. The highest BCUT2D eigenvalue weighted by Crippen LogP contribution is 2.23. The summed E-state index contributed by atoms with van der Waals surface area (Å²) in [7, 11) is 0. The van der Waals surface area contributed by atoms with Crippen molar-refractivity contribution in [1.82, 2.24) is 10.2 Å². The van der Waals surface area contributed by atoms with Crippen molar-refractivity contribution < 1.29 is 9.53 Å². The summed E-state index contributed by atoms with van der Waals surface area (Å²) in [6, 6.07) is 14.5. The van der Waals surface area contributed by atoms with E-state index in [1.165, 1.54) is 22.4 Å². The lowest BCUT2D eigenvalue weighted by Gasteiger charge is -2.37. The molecule has 5 heteroatoms. The highest BCUT2D eigenvalue weighted by molar-refractivity contribution is 5.74. The molecule has 0 atom stereocenters. The molecule has 0 unspecified atom stereocenters. The Hall–Kier alpha value is -2.69. The van der Waals surface area contributed by atoms with E-state index in [0.717, 1.165) is 38.3 Å². The van der Waals surface area contributed by atoms with Gasteiger partial charge in [-0.2, -0.15) is 0 Å². The molecule has 1 fully saturated rings. The molecule has 2 amide bonds. The van der Waals surface area contributed by atoms with E-state index in [0.29, 0.717) is 13.2 Å². The minimum atomic E-state index is 0.0240. The molecule has 28 heavy (non-hydrogen) atoms. The van der Waals surface area contributed by atoms with Gasteiger partial charge in [0.05, 0.1) is 6.61 Å². The molecule has 1 saturated heterocycles. The number of hydrogen-bond acceptors (Lipinski definition) is 3. The normalized spacial score (nSPS) is 14.1. The van der Waals surface area contributed by atoms with E-state index in [9.17, 15) is 4.79 Å². The highest BCUT2D eigenvalue weighted by Gasteiger charge is 2.21. The number of ether oxygens (including phenoxy) is 1. The van der Waals surface area contributed by atoms with E-state index >= 15 is 0 Å². The summed E-state index contributed by atoms with van der Waals surface area (Å²) in [5.74, 6) is 0.875. The van der Waals surface area contributed by atoms with Gasteiger partial charge in [0.1, 0.15) is 5.75 Å². The second kappa shape index (κ2) is 9.49. The maximum absolute atomic E-state index is 12.4. The Balaban J connectivity index is 1.36. The van der Waals surface area contributed by atoms with Crippen molar-refractivity contribution in [3.63, 3.8) is 0 Å². The molecule has 0 aliphatic carbocycles. The molecule has 0 aromatic heterocycles. The van der Waals surface area contributed by atoms with Crippen molar-refractivity contribution in [3.05, 3.63) is 59.2 Å². The zero-order valence-corrected chi connectivity index (χ0v) is 17.2. The van der Waals surface area contributed by atoms with Crippen LogP contribution in [0.2, 0.25) is 0 Å². The summed E-state index contributed by atoms with van der Waals surface area (Å²) >= 11 is 0. The number of rotatable bonds is 6. The van der Waals surface area contributed by atoms with E-state index in [1.54, 1.807) is 0 Å². The van der Waals surface area contributed by atoms with Crippen molar-refractivity contribution in [2.24, 2.45) is 0 Å². The average Bonchev–Trinajstić information content (AvgIpc) is 2.71. The first-order chi connectivity index (χ1) is 13.5. The van der Waals surface area contributed by atoms with E-state index in [-0.39, 0.29) is 6.03 Å². The smallest absolute Gasteiger partial charge is 0.317 e. The van der Waals surface area contributed by atoms with Gasteiger partial charge in [0.2, 0.25) is 0 Å². The maximum atomic E-state index is 12.4. The van der Waals surface area contributed by atoms with Crippen LogP contribution in [0.15, 0.2) is 42.5 Å². The monoisotopic (exact) mass is 381 g/mol. The number of aryl methyl sites for hydroxylation is 2. The summed E-state index contributed by atoms with van der Waals surface area (Å²) in [6.07, 6.45) is 0.794. The van der Waals surface area contributed by atoms with E-state index in [2.05, 4.69) is 49.2 Å². The highest BCUT2D eigenvalue weighted by atomic mass is 16.5. The summed E-state index contributed by atoms with van der Waals surface area (Å²) in [6.45, 7) is 10.8. The largest absolute Gasteiger partial charge is 0.494 e. The topological polar surface area (TPSA) is 44.8 Å². The van der Waals surface area contributed by atoms with Crippen LogP contribution in [0.25, 0.3) is 0 Å². The van der Waals surface area contributed by atoms with E-state index in [4.69, 9.17) is 4.74 Å². The number of anilines is 1. The SMILES string of the molecule is Cc1ccc(OCCCNC(=O)N2CCN(c3cccc(C)c3C)CC2)cc1. The van der Waals surface area contributed by atoms with E-state index in [1.807, 2.05) is 29.2 Å². The first-order valence-corrected chi connectivity index (χ1v) is 10.1. The standard InChI is InChI=1S/C23H31N3O2/c1-18-8-10-21(11-9-18)28-17-5-12-24-23(27)26-15-13-25(14-16-26)22-7-4-6-19(2)20(22)3/h4,6-11H,5,12-17H2,1-3H3,(H,24,27). The Kier molecular flexibility index (Phi) is 6.80. The Bertz CT molecular complexity index is 781. The third-order valence-corrected chi connectivity index (χ3v) is 5.37. The van der Waals surface area contributed by atoms with Crippen molar-refractivity contribution >= 4 is 11.7 Å². The van der Waals surface area contributed by atoms with Gasteiger partial charge in [0, 0.05) is 38.4 Å². The third-order valence-electron chi connectivity index (χ3n) is 5.37. The van der Waals surface area contributed by atoms with Crippen molar-refractivity contribution in [2.45, 2.75) is 27.2 Å². The lowest BCUT2D eigenvalue weighted by Crippen LogP contribution is -2.52. The van der Waals surface area contributed by atoms with Crippen LogP contribution >= 0.6 is 0 Å². The summed E-state index contributed by atoms with van der Waals surface area (Å²) in [5, 5.41) is 3.01. The number of hydrogen-bond donors (Lipinski definition) is 1. The van der Waals surface area contributed by atoms with Crippen LogP contribution in [-0.2, 0) is 0 Å². The van der Waals surface area contributed by atoms with Crippen LogP contribution in [0.5, 0.6) is 5.75 Å². The number of urea groups is 1. The van der Waals surface area contributed by atoms with Gasteiger partial charge in [-0.15, -0.1) is 0 Å². The molecule has 0 radical (unpaired) electrons. The summed E-state index contributed by atoms with van der Waals surface area (Å²) in [4.78, 5) is 16.7. The second-order valence-corrected chi connectivity index (χ2v) is 7.44. The number of piperazine rings is 1. The Morgan fingerprint density at radius 1 is 1.00 bits per heavy atom. The Morgan fingerprint density at radius 2 is 1.71 bits per heavy atom. The van der Waals surface area contributed by atoms with Gasteiger partial charge in [0.15, 0.2) is 0 Å². The van der Waals surface area contributed by atoms with Crippen molar-refractivity contribution in [3.8, 4) is 5.75 Å². The molecule has 1 aliphatic heterocycles. The predicted molar refractivity (Wildman–Crippen MR) is 114 cm³/mol.